The van der Waals surface area contributed by atoms with Gasteiger partial charge >= 0.3 is 0 Å². The SMILES string of the molecule is Cc1ccc(-c2cc3ccc(F)cc3c(N(C(=NC3CCCCC3)NS(=O)(=O)c3ccc(C)cc3)C3CCCCC3)n2)cc1. The molecule has 0 saturated heterocycles. The highest BCUT2D eigenvalue weighted by Crippen LogP contribution is 2.36. The van der Waals surface area contributed by atoms with Crippen molar-refractivity contribution in [2.45, 2.75) is 95.0 Å². The van der Waals surface area contributed by atoms with E-state index >= 15 is 0 Å². The van der Waals surface area contributed by atoms with Crippen LogP contribution in [0.3, 0.4) is 0 Å². The minimum atomic E-state index is -3.97. The number of aryl methyl sites for hydroxylation is 2. The molecule has 6 rings (SSSR count). The number of pyridine rings is 1. The largest absolute Gasteiger partial charge is 0.293 e. The van der Waals surface area contributed by atoms with Gasteiger partial charge < -0.3 is 0 Å². The van der Waals surface area contributed by atoms with Crippen LogP contribution in [0.2, 0.25) is 0 Å². The number of benzene rings is 3. The Morgan fingerprint density at radius 1 is 0.818 bits per heavy atom. The van der Waals surface area contributed by atoms with Gasteiger partial charge in [0, 0.05) is 17.0 Å². The van der Waals surface area contributed by atoms with Crippen LogP contribution in [0.1, 0.15) is 75.3 Å². The van der Waals surface area contributed by atoms with Crippen molar-refractivity contribution in [1.82, 2.24) is 9.71 Å². The van der Waals surface area contributed by atoms with E-state index < -0.39 is 10.0 Å². The second kappa shape index (κ2) is 13.1. The van der Waals surface area contributed by atoms with Crippen molar-refractivity contribution in [1.29, 1.82) is 0 Å². The predicted molar refractivity (Wildman–Crippen MR) is 177 cm³/mol. The smallest absolute Gasteiger partial charge is 0.264 e. The molecule has 8 heteroatoms. The molecule has 0 atom stereocenters. The summed E-state index contributed by atoms with van der Waals surface area (Å²) in [6.45, 7) is 3.98. The molecule has 1 N–H and O–H groups in total. The fraction of sp³-hybridized carbons (Fsp3) is 0.389. The van der Waals surface area contributed by atoms with Crippen molar-refractivity contribution >= 4 is 32.6 Å². The van der Waals surface area contributed by atoms with Crippen LogP contribution in [0, 0.1) is 19.7 Å². The number of guanidine groups is 1. The normalized spacial score (nSPS) is 17.1. The van der Waals surface area contributed by atoms with Gasteiger partial charge in [-0.05, 0) is 75.2 Å². The molecule has 0 aliphatic heterocycles. The molecule has 230 valence electrons. The van der Waals surface area contributed by atoms with Gasteiger partial charge in [0.15, 0.2) is 0 Å². The van der Waals surface area contributed by atoms with Gasteiger partial charge in [-0.15, -0.1) is 0 Å². The van der Waals surface area contributed by atoms with Crippen LogP contribution in [0.25, 0.3) is 22.0 Å². The number of halogens is 1. The molecule has 2 fully saturated rings. The van der Waals surface area contributed by atoms with Gasteiger partial charge in [0.2, 0.25) is 5.96 Å². The third-order valence-electron chi connectivity index (χ3n) is 8.95. The van der Waals surface area contributed by atoms with E-state index in [1.165, 1.54) is 12.1 Å². The van der Waals surface area contributed by atoms with Crippen molar-refractivity contribution in [2.75, 3.05) is 4.90 Å². The Labute approximate surface area is 260 Å². The first-order chi connectivity index (χ1) is 21.3. The Morgan fingerprint density at radius 3 is 2.09 bits per heavy atom. The van der Waals surface area contributed by atoms with E-state index in [-0.39, 0.29) is 28.8 Å². The second-order valence-corrected chi connectivity index (χ2v) is 14.1. The number of fused-ring (bicyclic) bond motifs is 1. The average molecular weight is 613 g/mol. The lowest BCUT2D eigenvalue weighted by Gasteiger charge is -2.37. The molecule has 0 unspecified atom stereocenters. The number of hydrogen-bond donors (Lipinski definition) is 1. The fourth-order valence-electron chi connectivity index (χ4n) is 6.46. The number of nitrogens with one attached hydrogen (secondary N) is 1. The van der Waals surface area contributed by atoms with Crippen molar-refractivity contribution in [2.24, 2.45) is 4.99 Å². The number of anilines is 1. The zero-order valence-corrected chi connectivity index (χ0v) is 26.4. The molecule has 1 heterocycles. The van der Waals surface area contributed by atoms with E-state index in [0.29, 0.717) is 11.2 Å². The summed E-state index contributed by atoms with van der Waals surface area (Å²) in [4.78, 5) is 12.5. The topological polar surface area (TPSA) is 74.7 Å². The molecule has 2 aliphatic carbocycles. The van der Waals surface area contributed by atoms with Gasteiger partial charge in [-0.1, -0.05) is 92.1 Å². The maximum absolute atomic E-state index is 14.9. The van der Waals surface area contributed by atoms with Crippen LogP contribution in [0.5, 0.6) is 0 Å². The zero-order chi connectivity index (χ0) is 30.7. The summed E-state index contributed by atoms with van der Waals surface area (Å²) < 4.78 is 45.7. The lowest BCUT2D eigenvalue weighted by atomic mass is 9.93. The number of aromatic nitrogens is 1. The number of sulfonamides is 1. The highest BCUT2D eigenvalue weighted by atomic mass is 32.2. The van der Waals surface area contributed by atoms with Crippen molar-refractivity contribution in [3.05, 3.63) is 89.7 Å². The van der Waals surface area contributed by atoms with E-state index in [4.69, 9.17) is 9.98 Å². The maximum atomic E-state index is 14.9. The summed E-state index contributed by atoms with van der Waals surface area (Å²) >= 11 is 0. The lowest BCUT2D eigenvalue weighted by molar-refractivity contribution is 0.428. The van der Waals surface area contributed by atoms with E-state index in [1.54, 1.807) is 30.3 Å². The standard InChI is InChI=1S/C36H41FN4O2S/c1-25-13-17-27(18-14-25)34-23-28-19-20-29(37)24-33(28)35(39-34)41(31-11-7-4-8-12-31)36(38-30-9-5-3-6-10-30)40-44(42,43)32-21-15-26(2)16-22-32/h13-24,30-31H,3-12H2,1-2H3,(H,38,40). The quantitative estimate of drug-likeness (QED) is 0.175. The fourth-order valence-corrected chi connectivity index (χ4v) is 7.46. The third-order valence-corrected chi connectivity index (χ3v) is 10.3. The molecular weight excluding hydrogens is 571 g/mol. The number of aliphatic imine (C=N–C) groups is 1. The van der Waals surface area contributed by atoms with Crippen molar-refractivity contribution in [3.63, 3.8) is 0 Å². The molecule has 4 aromatic rings. The highest BCUT2D eigenvalue weighted by Gasteiger charge is 2.32. The molecule has 1 aromatic heterocycles. The Kier molecular flexibility index (Phi) is 8.98. The van der Waals surface area contributed by atoms with E-state index in [2.05, 4.69) is 16.9 Å². The lowest BCUT2D eigenvalue weighted by Crippen LogP contribution is -2.51. The molecule has 0 bridgehead atoms. The first-order valence-electron chi connectivity index (χ1n) is 15.9. The van der Waals surface area contributed by atoms with Gasteiger partial charge in [-0.3, -0.25) is 4.90 Å². The summed E-state index contributed by atoms with van der Waals surface area (Å²) in [6, 6.07) is 21.7. The van der Waals surface area contributed by atoms with Crippen LogP contribution in [-0.2, 0) is 10.0 Å². The molecule has 0 amide bonds. The zero-order valence-electron chi connectivity index (χ0n) is 25.6. The molecule has 2 saturated carbocycles. The van der Waals surface area contributed by atoms with Crippen molar-refractivity contribution in [3.8, 4) is 11.3 Å². The minimum absolute atomic E-state index is 0.00570. The first kappa shape index (κ1) is 30.3. The van der Waals surface area contributed by atoms with E-state index in [9.17, 15) is 12.8 Å². The Bertz CT molecular complexity index is 1740. The summed E-state index contributed by atoms with van der Waals surface area (Å²) in [6.07, 6.45) is 9.98. The van der Waals surface area contributed by atoms with Gasteiger partial charge in [0.25, 0.3) is 10.0 Å². The van der Waals surface area contributed by atoms with Gasteiger partial charge in [-0.2, -0.15) is 0 Å². The van der Waals surface area contributed by atoms with Crippen molar-refractivity contribution < 1.29 is 12.8 Å². The number of nitrogens with zero attached hydrogens (tertiary/aromatic N) is 3. The van der Waals surface area contributed by atoms with Crippen LogP contribution >= 0.6 is 0 Å². The minimum Gasteiger partial charge on any atom is -0.293 e. The molecule has 6 nitrogen and oxygen atoms in total. The highest BCUT2D eigenvalue weighted by molar-refractivity contribution is 7.90. The number of hydrogen-bond acceptors (Lipinski definition) is 4. The van der Waals surface area contributed by atoms with Gasteiger partial charge in [0.05, 0.1) is 16.6 Å². The van der Waals surface area contributed by atoms with Crippen LogP contribution < -0.4 is 9.62 Å². The summed E-state index contributed by atoms with van der Waals surface area (Å²) in [7, 11) is -3.97. The first-order valence-corrected chi connectivity index (χ1v) is 17.4. The summed E-state index contributed by atoms with van der Waals surface area (Å²) in [5.74, 6) is 0.451. The molecule has 2 aliphatic rings. The number of rotatable bonds is 6. The Balaban J connectivity index is 1.56. The summed E-state index contributed by atoms with van der Waals surface area (Å²) in [5.41, 5.74) is 3.82. The second-order valence-electron chi connectivity index (χ2n) is 12.4. The monoisotopic (exact) mass is 612 g/mol. The molecule has 3 aromatic carbocycles. The van der Waals surface area contributed by atoms with E-state index in [1.807, 2.05) is 36.9 Å². The van der Waals surface area contributed by atoms with Crippen LogP contribution in [-0.4, -0.2) is 31.4 Å². The Morgan fingerprint density at radius 2 is 1.43 bits per heavy atom. The van der Waals surface area contributed by atoms with Gasteiger partial charge in [0.1, 0.15) is 11.6 Å². The molecule has 0 spiro atoms. The maximum Gasteiger partial charge on any atom is 0.264 e. The predicted octanol–water partition coefficient (Wildman–Crippen LogP) is 8.46. The van der Waals surface area contributed by atoms with Gasteiger partial charge in [-0.25, -0.2) is 27.5 Å². The third kappa shape index (κ3) is 6.80. The molecular formula is C36H41FN4O2S. The Hall–Kier alpha value is -3.78. The summed E-state index contributed by atoms with van der Waals surface area (Å²) in [5, 5.41) is 1.48. The van der Waals surface area contributed by atoms with Crippen LogP contribution in [0.4, 0.5) is 10.2 Å². The average Bonchev–Trinajstić information content (AvgIpc) is 3.02. The van der Waals surface area contributed by atoms with E-state index in [0.717, 1.165) is 92.0 Å². The van der Waals surface area contributed by atoms with Crippen LogP contribution in [0.15, 0.2) is 82.7 Å². The molecule has 44 heavy (non-hydrogen) atoms. The molecule has 0 radical (unpaired) electrons.